The second-order valence-corrected chi connectivity index (χ2v) is 19.9. The summed E-state index contributed by atoms with van der Waals surface area (Å²) in [5.41, 5.74) is 0. The number of carbonyl (C=O) groups is 3. The predicted octanol–water partition coefficient (Wildman–Crippen LogP) is 19.8. The second kappa shape index (κ2) is 57.0. The lowest BCUT2D eigenvalue weighted by molar-refractivity contribution is -0.167. The lowest BCUT2D eigenvalue weighted by atomic mass is 10.0. The van der Waals surface area contributed by atoms with Gasteiger partial charge in [0.25, 0.3) is 0 Å². The van der Waals surface area contributed by atoms with Crippen molar-refractivity contribution < 1.29 is 28.6 Å². The van der Waals surface area contributed by atoms with E-state index in [-0.39, 0.29) is 31.1 Å². The largest absolute Gasteiger partial charge is 0.462 e. The Morgan fingerprint density at radius 1 is 0.309 bits per heavy atom. The van der Waals surface area contributed by atoms with Gasteiger partial charge in [0.2, 0.25) is 0 Å². The van der Waals surface area contributed by atoms with Crippen molar-refractivity contribution in [1.29, 1.82) is 0 Å². The first-order valence-corrected chi connectivity index (χ1v) is 29.6. The van der Waals surface area contributed by atoms with E-state index in [0.29, 0.717) is 19.3 Å². The van der Waals surface area contributed by atoms with Gasteiger partial charge in [-0.15, -0.1) is 0 Å². The molecule has 0 rings (SSSR count). The summed E-state index contributed by atoms with van der Waals surface area (Å²) < 4.78 is 16.8. The Labute approximate surface area is 422 Å². The Bertz CT molecular complexity index is 1190. The Kier molecular flexibility index (Phi) is 54.8. The molecule has 0 saturated carbocycles. The zero-order chi connectivity index (χ0) is 49.3. The third-order valence-electron chi connectivity index (χ3n) is 13.1. The smallest absolute Gasteiger partial charge is 0.306 e. The molecule has 6 heteroatoms. The maximum atomic E-state index is 12.8. The number of allylic oxidation sites excluding steroid dienone is 8. The molecule has 0 fully saturated rings. The Morgan fingerprint density at radius 3 is 0.897 bits per heavy atom. The molecular formula is C62H112O6. The van der Waals surface area contributed by atoms with Crippen LogP contribution in [0, 0.1) is 0 Å². The van der Waals surface area contributed by atoms with Crippen LogP contribution in [-0.4, -0.2) is 37.2 Å². The molecule has 0 aliphatic carbocycles. The summed E-state index contributed by atoms with van der Waals surface area (Å²) in [5.74, 6) is -0.854. The van der Waals surface area contributed by atoms with Crippen LogP contribution in [0.2, 0.25) is 0 Å². The summed E-state index contributed by atoms with van der Waals surface area (Å²) in [5, 5.41) is 0. The second-order valence-electron chi connectivity index (χ2n) is 19.9. The van der Waals surface area contributed by atoms with Crippen LogP contribution < -0.4 is 0 Å². The maximum Gasteiger partial charge on any atom is 0.306 e. The van der Waals surface area contributed by atoms with Crippen LogP contribution >= 0.6 is 0 Å². The van der Waals surface area contributed by atoms with Crippen molar-refractivity contribution in [1.82, 2.24) is 0 Å². The molecule has 0 aliphatic heterocycles. The van der Waals surface area contributed by atoms with Gasteiger partial charge in [-0.2, -0.15) is 0 Å². The van der Waals surface area contributed by atoms with Crippen LogP contribution in [0.5, 0.6) is 0 Å². The first-order valence-electron chi connectivity index (χ1n) is 29.6. The molecule has 0 radical (unpaired) electrons. The van der Waals surface area contributed by atoms with E-state index in [9.17, 15) is 14.4 Å². The number of esters is 3. The minimum absolute atomic E-state index is 0.0677. The first kappa shape index (κ1) is 65.4. The summed E-state index contributed by atoms with van der Waals surface area (Å²) in [7, 11) is 0. The third kappa shape index (κ3) is 54.3. The van der Waals surface area contributed by atoms with E-state index in [1.807, 2.05) is 0 Å². The fourth-order valence-corrected chi connectivity index (χ4v) is 8.67. The highest BCUT2D eigenvalue weighted by molar-refractivity contribution is 5.71. The van der Waals surface area contributed by atoms with Gasteiger partial charge in [-0.1, -0.05) is 281 Å². The highest BCUT2D eigenvalue weighted by atomic mass is 16.6. The number of carbonyl (C=O) groups excluding carboxylic acids is 3. The predicted molar refractivity (Wildman–Crippen MR) is 293 cm³/mol. The topological polar surface area (TPSA) is 78.9 Å². The van der Waals surface area contributed by atoms with E-state index in [0.717, 1.165) is 83.5 Å². The molecule has 0 N–H and O–H groups in total. The molecule has 0 spiro atoms. The summed E-state index contributed by atoms with van der Waals surface area (Å²) in [6.07, 6.45) is 69.8. The molecule has 1 atom stereocenters. The van der Waals surface area contributed by atoms with Gasteiger partial charge < -0.3 is 14.2 Å². The summed E-state index contributed by atoms with van der Waals surface area (Å²) in [6, 6.07) is 0. The average Bonchev–Trinajstić information content (AvgIpc) is 3.34. The van der Waals surface area contributed by atoms with Crippen molar-refractivity contribution in [3.63, 3.8) is 0 Å². The number of hydrogen-bond acceptors (Lipinski definition) is 6. The van der Waals surface area contributed by atoms with Crippen molar-refractivity contribution >= 4 is 17.9 Å². The zero-order valence-electron chi connectivity index (χ0n) is 45.4. The molecule has 68 heavy (non-hydrogen) atoms. The molecule has 1 unspecified atom stereocenters. The van der Waals surface area contributed by atoms with E-state index in [2.05, 4.69) is 69.4 Å². The van der Waals surface area contributed by atoms with Gasteiger partial charge in [-0.3, -0.25) is 14.4 Å². The average molecular weight is 954 g/mol. The fourth-order valence-electron chi connectivity index (χ4n) is 8.67. The van der Waals surface area contributed by atoms with Crippen LogP contribution in [-0.2, 0) is 28.6 Å². The molecular weight excluding hydrogens is 841 g/mol. The van der Waals surface area contributed by atoms with Gasteiger partial charge in [0.15, 0.2) is 6.10 Å². The molecule has 6 nitrogen and oxygen atoms in total. The SMILES string of the molecule is CC/C=C\C/C=C\C/C=C\C/C=C\CCCCCCCCCCCCCCCCC(=O)OCC(COC(=O)CCCCCCCCCCC)OC(=O)CCCCCCCCCCCCCCCC. The lowest BCUT2D eigenvalue weighted by Crippen LogP contribution is -2.30. The van der Waals surface area contributed by atoms with Crippen LogP contribution in [0.15, 0.2) is 48.6 Å². The summed E-state index contributed by atoms with van der Waals surface area (Å²) in [4.78, 5) is 38.0. The van der Waals surface area contributed by atoms with Crippen LogP contribution in [0.3, 0.4) is 0 Å². The highest BCUT2D eigenvalue weighted by Crippen LogP contribution is 2.17. The van der Waals surface area contributed by atoms with Crippen molar-refractivity contribution in [3.05, 3.63) is 48.6 Å². The molecule has 0 heterocycles. The Morgan fingerprint density at radius 2 is 0.574 bits per heavy atom. The van der Waals surface area contributed by atoms with Crippen molar-refractivity contribution in [2.75, 3.05) is 13.2 Å². The molecule has 0 aromatic heterocycles. The number of rotatable bonds is 54. The molecule has 0 aromatic rings. The molecule has 0 aliphatic rings. The molecule has 396 valence electrons. The number of unbranched alkanes of at least 4 members (excludes halogenated alkanes) is 35. The summed E-state index contributed by atoms with van der Waals surface area (Å²) in [6.45, 7) is 6.54. The van der Waals surface area contributed by atoms with Crippen molar-refractivity contribution in [2.24, 2.45) is 0 Å². The van der Waals surface area contributed by atoms with Gasteiger partial charge >= 0.3 is 17.9 Å². The highest BCUT2D eigenvalue weighted by Gasteiger charge is 2.19. The van der Waals surface area contributed by atoms with E-state index in [1.165, 1.54) is 186 Å². The Balaban J connectivity index is 4.13. The van der Waals surface area contributed by atoms with Gasteiger partial charge in [0.05, 0.1) is 0 Å². The number of hydrogen-bond donors (Lipinski definition) is 0. The normalized spacial score (nSPS) is 12.3. The monoisotopic (exact) mass is 953 g/mol. The molecule has 0 amide bonds. The van der Waals surface area contributed by atoms with Crippen molar-refractivity contribution in [2.45, 2.75) is 316 Å². The summed E-state index contributed by atoms with van der Waals surface area (Å²) >= 11 is 0. The van der Waals surface area contributed by atoms with Gasteiger partial charge in [0.1, 0.15) is 13.2 Å². The first-order chi connectivity index (χ1) is 33.5. The standard InChI is InChI=1S/C62H112O6/c1-4-7-10-13-16-19-21-23-25-26-27-28-29-30-31-32-33-34-35-36-37-39-40-43-46-49-52-55-61(64)67-58-59(57-66-60(63)54-51-48-45-42-18-15-12-9-6-3)68-62(65)56-53-50-47-44-41-38-24-22-20-17-14-11-8-5-2/h7,10,16,19,23,25,27-28,59H,4-6,8-9,11-15,17-18,20-22,24,26,29-58H2,1-3H3/b10-7-,19-16-,25-23-,28-27-. The van der Waals surface area contributed by atoms with Crippen LogP contribution in [0.25, 0.3) is 0 Å². The minimum atomic E-state index is -0.766. The van der Waals surface area contributed by atoms with Crippen LogP contribution in [0.4, 0.5) is 0 Å². The van der Waals surface area contributed by atoms with Gasteiger partial charge in [0, 0.05) is 19.3 Å². The maximum absolute atomic E-state index is 12.8. The molecule has 0 aromatic carbocycles. The quantitative estimate of drug-likeness (QED) is 0.0262. The molecule has 0 bridgehead atoms. The van der Waals surface area contributed by atoms with Gasteiger partial charge in [-0.25, -0.2) is 0 Å². The zero-order valence-corrected chi connectivity index (χ0v) is 45.4. The van der Waals surface area contributed by atoms with E-state index < -0.39 is 6.10 Å². The Hall–Kier alpha value is -2.63. The van der Waals surface area contributed by atoms with E-state index in [4.69, 9.17) is 14.2 Å². The number of ether oxygens (including phenoxy) is 3. The van der Waals surface area contributed by atoms with E-state index >= 15 is 0 Å². The van der Waals surface area contributed by atoms with Gasteiger partial charge in [-0.05, 0) is 57.8 Å². The fraction of sp³-hybridized carbons (Fsp3) is 0.823. The van der Waals surface area contributed by atoms with Crippen LogP contribution in [0.1, 0.15) is 310 Å². The lowest BCUT2D eigenvalue weighted by Gasteiger charge is -2.18. The third-order valence-corrected chi connectivity index (χ3v) is 13.1. The van der Waals surface area contributed by atoms with Crippen molar-refractivity contribution in [3.8, 4) is 0 Å². The molecule has 0 saturated heterocycles. The van der Waals surface area contributed by atoms with E-state index in [1.54, 1.807) is 0 Å². The minimum Gasteiger partial charge on any atom is -0.462 e.